The number of hydrogen-bond donors (Lipinski definition) is 0. The first-order chi connectivity index (χ1) is 34.9. The molecule has 0 aliphatic rings. The summed E-state index contributed by atoms with van der Waals surface area (Å²) >= 11 is 0. The van der Waals surface area contributed by atoms with E-state index in [1.807, 2.05) is 36.4 Å². The summed E-state index contributed by atoms with van der Waals surface area (Å²) in [7, 11) is 0. The van der Waals surface area contributed by atoms with Crippen LogP contribution in [0.3, 0.4) is 0 Å². The monoisotopic (exact) mass is 842 g/mol. The Bertz CT molecular complexity index is 4390. The van der Waals surface area contributed by atoms with Crippen LogP contribution in [0.2, 0.25) is 0 Å². The zero-order chi connectivity index (χ0) is 47.6. The van der Waals surface area contributed by atoms with E-state index in [4.69, 9.17) is 11.3 Å². The molecule has 0 radical (unpaired) electrons. The van der Waals surface area contributed by atoms with Gasteiger partial charge in [-0.3, -0.25) is 0 Å². The normalized spacial score (nSPS) is 13.0. The Morgan fingerprint density at radius 2 is 0.742 bits per heavy atom. The molecular weight excluding hydrogens is 799 g/mol. The summed E-state index contributed by atoms with van der Waals surface area (Å²) in [6.07, 6.45) is 0. The van der Waals surface area contributed by atoms with Crippen molar-refractivity contribution in [2.24, 2.45) is 0 Å². The number of furan rings is 1. The second kappa shape index (κ2) is 14.4. The van der Waals surface area contributed by atoms with Crippen molar-refractivity contribution < 1.29 is 11.3 Å². The van der Waals surface area contributed by atoms with Gasteiger partial charge < -0.3 is 8.98 Å². The minimum absolute atomic E-state index is 0.191. The summed E-state index contributed by atoms with van der Waals surface area (Å²) < 4.78 is 52.8. The van der Waals surface area contributed by atoms with Crippen LogP contribution in [-0.4, -0.2) is 4.57 Å². The average molecular weight is 843 g/mol. The Labute approximate surface area is 387 Å². The third-order valence-electron chi connectivity index (χ3n) is 13.7. The van der Waals surface area contributed by atoms with E-state index in [-0.39, 0.29) is 29.7 Å². The molecule has 2 heterocycles. The predicted octanol–water partition coefficient (Wildman–Crippen LogP) is 18.0. The van der Waals surface area contributed by atoms with Crippen LogP contribution in [-0.2, 0) is 0 Å². The standard InChI is InChI=1S/C64H39NO/c1-2-17-40(18-3-1)60-47-21-4-6-23-49(47)62(50-24-7-5-22-48(50)60)42-35-38-46-55-29-16-30-56(64(55)66-59(46)39-42)63-53-27-10-8-25-51(53)61(52-26-9-11-28-54(52)63)41-33-36-43(37-34-41)65-57-31-14-12-19-44(57)45-20-13-15-32-58(45)65/h1-39H/i1D,2D,3D,17D,18D. The van der Waals surface area contributed by atoms with E-state index < -0.39 is 6.04 Å². The number of rotatable bonds is 5. The average Bonchev–Trinajstić information content (AvgIpc) is 3.97. The summed E-state index contributed by atoms with van der Waals surface area (Å²) in [5.41, 5.74) is 12.2. The van der Waals surface area contributed by atoms with Gasteiger partial charge in [-0.1, -0.05) is 200 Å². The van der Waals surface area contributed by atoms with Crippen LogP contribution in [0.15, 0.2) is 241 Å². The minimum atomic E-state index is -0.410. The molecule has 0 saturated carbocycles. The summed E-state index contributed by atoms with van der Waals surface area (Å²) in [5.74, 6) is 0. The van der Waals surface area contributed by atoms with Crippen LogP contribution >= 0.6 is 0 Å². The molecular formula is C64H39NO. The molecule has 0 amide bonds. The maximum Gasteiger partial charge on any atom is 0.143 e. The Morgan fingerprint density at radius 1 is 0.318 bits per heavy atom. The van der Waals surface area contributed by atoms with Crippen molar-refractivity contribution in [2.75, 3.05) is 0 Å². The summed E-state index contributed by atoms with van der Waals surface area (Å²) in [6, 6.07) is 70.9. The lowest BCUT2D eigenvalue weighted by molar-refractivity contribution is 0.670. The second-order valence-electron chi connectivity index (χ2n) is 17.1. The highest BCUT2D eigenvalue weighted by atomic mass is 16.3. The molecule has 0 unspecified atom stereocenters. The van der Waals surface area contributed by atoms with Crippen molar-refractivity contribution >= 4 is 86.8 Å². The van der Waals surface area contributed by atoms with Crippen molar-refractivity contribution in [3.05, 3.63) is 236 Å². The summed E-state index contributed by atoms with van der Waals surface area (Å²) in [5, 5.41) is 12.5. The number of benzene rings is 12. The molecule has 0 bridgehead atoms. The maximum atomic E-state index is 8.99. The Kier molecular flexibility index (Phi) is 6.99. The smallest absolute Gasteiger partial charge is 0.143 e. The molecule has 2 aromatic heterocycles. The van der Waals surface area contributed by atoms with Crippen LogP contribution in [0.1, 0.15) is 6.85 Å². The van der Waals surface area contributed by atoms with E-state index >= 15 is 0 Å². The molecule has 2 heteroatoms. The zero-order valence-corrected chi connectivity index (χ0v) is 35.5. The molecule has 0 aliphatic heterocycles. The number of para-hydroxylation sites is 3. The molecule has 0 atom stereocenters. The van der Waals surface area contributed by atoms with Crippen LogP contribution in [0.5, 0.6) is 0 Å². The molecule has 14 rings (SSSR count). The van der Waals surface area contributed by atoms with Gasteiger partial charge in [0.1, 0.15) is 11.2 Å². The van der Waals surface area contributed by atoms with Crippen molar-refractivity contribution in [1.82, 2.24) is 4.57 Å². The van der Waals surface area contributed by atoms with Crippen LogP contribution in [0, 0.1) is 0 Å². The first kappa shape index (κ1) is 32.0. The lowest BCUT2D eigenvalue weighted by Gasteiger charge is -2.18. The number of nitrogens with zero attached hydrogens (tertiary/aromatic N) is 1. The van der Waals surface area contributed by atoms with Gasteiger partial charge in [0.2, 0.25) is 0 Å². The van der Waals surface area contributed by atoms with Crippen molar-refractivity contribution in [1.29, 1.82) is 0 Å². The summed E-state index contributed by atoms with van der Waals surface area (Å²) in [6.45, 7) is 0. The molecule has 66 heavy (non-hydrogen) atoms. The van der Waals surface area contributed by atoms with Crippen molar-refractivity contribution in [2.45, 2.75) is 0 Å². The number of hydrogen-bond acceptors (Lipinski definition) is 1. The highest BCUT2D eigenvalue weighted by Gasteiger charge is 2.22. The van der Waals surface area contributed by atoms with Crippen LogP contribution in [0.4, 0.5) is 0 Å². The van der Waals surface area contributed by atoms with Gasteiger partial charge in [0.25, 0.3) is 0 Å². The van der Waals surface area contributed by atoms with E-state index in [9.17, 15) is 0 Å². The largest absolute Gasteiger partial charge is 0.455 e. The molecule has 0 saturated heterocycles. The zero-order valence-electron chi connectivity index (χ0n) is 40.5. The van der Waals surface area contributed by atoms with Gasteiger partial charge in [-0.25, -0.2) is 0 Å². The number of aromatic nitrogens is 1. The molecule has 12 aromatic carbocycles. The molecule has 14 aromatic rings. The van der Waals surface area contributed by atoms with E-state index in [0.29, 0.717) is 5.56 Å². The van der Waals surface area contributed by atoms with Gasteiger partial charge in [-0.15, -0.1) is 0 Å². The van der Waals surface area contributed by atoms with E-state index in [2.05, 4.69) is 174 Å². The van der Waals surface area contributed by atoms with E-state index in [0.717, 1.165) is 98.5 Å². The molecule has 0 N–H and O–H groups in total. The molecule has 306 valence electrons. The second-order valence-corrected chi connectivity index (χ2v) is 17.1. The highest BCUT2D eigenvalue weighted by Crippen LogP contribution is 2.48. The van der Waals surface area contributed by atoms with Gasteiger partial charge in [0.05, 0.1) is 17.9 Å². The van der Waals surface area contributed by atoms with Gasteiger partial charge in [0.15, 0.2) is 0 Å². The first-order valence-corrected chi connectivity index (χ1v) is 22.3. The molecule has 0 fully saturated rings. The Balaban J connectivity index is 0.946. The molecule has 0 spiro atoms. The molecule has 2 nitrogen and oxygen atoms in total. The fourth-order valence-electron chi connectivity index (χ4n) is 10.9. The lowest BCUT2D eigenvalue weighted by Crippen LogP contribution is -1.94. The van der Waals surface area contributed by atoms with Crippen LogP contribution < -0.4 is 0 Å². The number of fused-ring (bicyclic) bond motifs is 10. The van der Waals surface area contributed by atoms with Crippen LogP contribution in [0.25, 0.3) is 137 Å². The third-order valence-corrected chi connectivity index (χ3v) is 13.7. The Morgan fingerprint density at radius 3 is 1.27 bits per heavy atom. The van der Waals surface area contributed by atoms with Gasteiger partial charge in [-0.05, 0) is 113 Å². The van der Waals surface area contributed by atoms with Gasteiger partial charge in [0, 0.05) is 38.4 Å². The quantitative estimate of drug-likeness (QED) is 0.158. The van der Waals surface area contributed by atoms with Crippen molar-refractivity contribution in [3.63, 3.8) is 0 Å². The molecule has 0 aliphatic carbocycles. The third kappa shape index (κ3) is 5.36. The Hall–Kier alpha value is -8.72. The fourth-order valence-corrected chi connectivity index (χ4v) is 10.9. The first-order valence-electron chi connectivity index (χ1n) is 24.8. The highest BCUT2D eigenvalue weighted by molar-refractivity contribution is 6.25. The SMILES string of the molecule is [2H]c1c([2H])c([2H])c(-c2c3ccccc3c(-c3ccc4c(c3)oc3c(-c5c6ccccc6c(-c6ccc(-n7c8ccccc8c8ccccc87)cc6)c6ccccc56)cccc34)c3ccccc23)c([2H])c1[2H]. The lowest BCUT2D eigenvalue weighted by atomic mass is 9.85. The van der Waals surface area contributed by atoms with E-state index in [1.165, 1.54) is 27.4 Å². The van der Waals surface area contributed by atoms with Gasteiger partial charge >= 0.3 is 0 Å². The summed E-state index contributed by atoms with van der Waals surface area (Å²) in [4.78, 5) is 0. The predicted molar refractivity (Wildman–Crippen MR) is 280 cm³/mol. The van der Waals surface area contributed by atoms with Crippen molar-refractivity contribution in [3.8, 4) is 50.2 Å². The van der Waals surface area contributed by atoms with Gasteiger partial charge in [-0.2, -0.15) is 0 Å². The minimum Gasteiger partial charge on any atom is -0.455 e. The topological polar surface area (TPSA) is 18.1 Å². The fraction of sp³-hybridized carbons (Fsp3) is 0. The van der Waals surface area contributed by atoms with E-state index in [1.54, 1.807) is 0 Å². The maximum absolute atomic E-state index is 8.99.